The van der Waals surface area contributed by atoms with E-state index in [9.17, 15) is 8.42 Å². The predicted octanol–water partition coefficient (Wildman–Crippen LogP) is 2.86. The third-order valence-corrected chi connectivity index (χ3v) is 6.85. The molecule has 2 aromatic carbocycles. The van der Waals surface area contributed by atoms with Gasteiger partial charge >= 0.3 is 0 Å². The van der Waals surface area contributed by atoms with Crippen LogP contribution in [-0.4, -0.2) is 27.5 Å². The topological polar surface area (TPSA) is 59.0 Å². The molecule has 1 saturated heterocycles. The molecule has 25 heavy (non-hydrogen) atoms. The van der Waals surface area contributed by atoms with Gasteiger partial charge in [0.05, 0.1) is 11.1 Å². The van der Waals surface area contributed by atoms with E-state index in [-0.39, 0.29) is 0 Å². The fourth-order valence-corrected chi connectivity index (χ4v) is 5.65. The van der Waals surface area contributed by atoms with Gasteiger partial charge in [0.1, 0.15) is 10.7 Å². The third-order valence-electron chi connectivity index (χ3n) is 5.53. The average Bonchev–Trinajstić information content (AvgIpc) is 2.64. The van der Waals surface area contributed by atoms with E-state index < -0.39 is 15.4 Å². The molecule has 1 spiro atoms. The van der Waals surface area contributed by atoms with Crippen molar-refractivity contribution in [2.24, 2.45) is 4.40 Å². The molecule has 128 valence electrons. The number of hydrogen-bond donors (Lipinski definition) is 0. The maximum Gasteiger partial charge on any atom is 0.286 e. The quantitative estimate of drug-likeness (QED) is 0.730. The molecule has 0 radical (unpaired) electrons. The van der Waals surface area contributed by atoms with Crippen LogP contribution < -0.4 is 4.90 Å². The number of benzene rings is 2. The highest BCUT2D eigenvalue weighted by atomic mass is 32.2. The summed E-state index contributed by atoms with van der Waals surface area (Å²) in [5.74, 6) is 0.660. The average molecular weight is 354 g/mol. The van der Waals surface area contributed by atoms with Crippen LogP contribution >= 0.6 is 0 Å². The first-order chi connectivity index (χ1) is 12.1. The maximum absolute atomic E-state index is 12.8. The second-order valence-electron chi connectivity index (χ2n) is 6.80. The number of nitrogens with zero attached hydrogens (tertiary/aromatic N) is 2. The SMILES string of the molecule is O=S1(=O)N=C2N(Cc3ccccc3C23CCOCC3)c2ccccc21. The van der Waals surface area contributed by atoms with Gasteiger partial charge in [-0.3, -0.25) is 0 Å². The fraction of sp³-hybridized carbons (Fsp3) is 0.316. The van der Waals surface area contributed by atoms with Crippen molar-refractivity contribution < 1.29 is 13.2 Å². The zero-order valence-corrected chi connectivity index (χ0v) is 14.5. The molecule has 0 bridgehead atoms. The van der Waals surface area contributed by atoms with Crippen LogP contribution in [0.2, 0.25) is 0 Å². The van der Waals surface area contributed by atoms with Crippen LogP contribution in [0.3, 0.4) is 0 Å². The van der Waals surface area contributed by atoms with Crippen LogP contribution in [0.15, 0.2) is 57.8 Å². The van der Waals surface area contributed by atoms with Gasteiger partial charge in [-0.2, -0.15) is 8.42 Å². The van der Waals surface area contributed by atoms with Crippen molar-refractivity contribution in [1.82, 2.24) is 0 Å². The van der Waals surface area contributed by atoms with Gasteiger partial charge in [0.25, 0.3) is 10.0 Å². The van der Waals surface area contributed by atoms with Gasteiger partial charge < -0.3 is 9.64 Å². The Bertz CT molecular complexity index is 991. The van der Waals surface area contributed by atoms with E-state index in [1.54, 1.807) is 12.1 Å². The summed E-state index contributed by atoms with van der Waals surface area (Å²) in [6, 6.07) is 15.5. The molecular formula is C19H18N2O3S. The Labute approximate surface area is 147 Å². The Morgan fingerprint density at radius 1 is 1.00 bits per heavy atom. The standard InChI is InChI=1S/C19H18N2O3S/c22-25(23)17-8-4-3-7-16(17)21-13-14-5-1-2-6-15(14)19(18(21)20-25)9-11-24-12-10-19/h1-8H,9-13H2. The molecule has 3 heterocycles. The van der Waals surface area contributed by atoms with Crippen molar-refractivity contribution in [3.8, 4) is 0 Å². The zero-order chi connectivity index (χ0) is 17.1. The van der Waals surface area contributed by atoms with E-state index in [2.05, 4.69) is 21.4 Å². The summed E-state index contributed by atoms with van der Waals surface area (Å²) in [6.07, 6.45) is 1.49. The van der Waals surface area contributed by atoms with Gasteiger partial charge in [-0.05, 0) is 36.1 Å². The minimum atomic E-state index is -3.68. The molecule has 0 amide bonds. The number of rotatable bonds is 0. The molecular weight excluding hydrogens is 336 g/mol. The minimum absolute atomic E-state index is 0.292. The predicted molar refractivity (Wildman–Crippen MR) is 95.4 cm³/mol. The minimum Gasteiger partial charge on any atom is -0.381 e. The lowest BCUT2D eigenvalue weighted by molar-refractivity contribution is 0.0694. The highest BCUT2D eigenvalue weighted by Gasteiger charge is 2.49. The first-order valence-corrected chi connectivity index (χ1v) is 9.94. The summed E-state index contributed by atoms with van der Waals surface area (Å²) in [5.41, 5.74) is 2.77. The van der Waals surface area contributed by atoms with Gasteiger partial charge in [0.15, 0.2) is 0 Å². The van der Waals surface area contributed by atoms with Gasteiger partial charge in [0, 0.05) is 19.8 Å². The summed E-state index contributed by atoms with van der Waals surface area (Å²) in [6.45, 7) is 1.87. The largest absolute Gasteiger partial charge is 0.381 e. The molecule has 0 saturated carbocycles. The lowest BCUT2D eigenvalue weighted by atomic mass is 9.69. The molecule has 5 nitrogen and oxygen atoms in total. The molecule has 0 unspecified atom stereocenters. The summed E-state index contributed by atoms with van der Waals surface area (Å²) < 4.78 is 35.5. The van der Waals surface area contributed by atoms with Crippen molar-refractivity contribution in [1.29, 1.82) is 0 Å². The number of sulfonamides is 1. The molecule has 6 heteroatoms. The summed E-state index contributed by atoms with van der Waals surface area (Å²) >= 11 is 0. The highest BCUT2D eigenvalue weighted by Crippen LogP contribution is 2.47. The smallest absolute Gasteiger partial charge is 0.286 e. The Morgan fingerprint density at radius 2 is 1.72 bits per heavy atom. The van der Waals surface area contributed by atoms with Gasteiger partial charge in [-0.25, -0.2) is 0 Å². The molecule has 2 aromatic rings. The fourth-order valence-electron chi connectivity index (χ4n) is 4.36. The van der Waals surface area contributed by atoms with Crippen LogP contribution in [0.5, 0.6) is 0 Å². The van der Waals surface area contributed by atoms with Crippen LogP contribution in [0.25, 0.3) is 0 Å². The van der Waals surface area contributed by atoms with E-state index in [4.69, 9.17) is 4.74 Å². The summed E-state index contributed by atoms with van der Waals surface area (Å²) in [5, 5.41) is 0. The second-order valence-corrected chi connectivity index (χ2v) is 8.37. The Morgan fingerprint density at radius 3 is 2.56 bits per heavy atom. The van der Waals surface area contributed by atoms with E-state index in [1.807, 2.05) is 24.3 Å². The van der Waals surface area contributed by atoms with Crippen molar-refractivity contribution in [2.45, 2.75) is 29.7 Å². The number of ether oxygens (including phenoxy) is 1. The first kappa shape index (κ1) is 15.1. The monoisotopic (exact) mass is 354 g/mol. The molecule has 5 rings (SSSR count). The number of fused-ring (bicyclic) bond motifs is 6. The Kier molecular flexibility index (Phi) is 3.12. The van der Waals surface area contributed by atoms with Gasteiger partial charge in [-0.15, -0.1) is 4.40 Å². The van der Waals surface area contributed by atoms with Crippen molar-refractivity contribution >= 4 is 21.5 Å². The van der Waals surface area contributed by atoms with E-state index in [0.29, 0.717) is 30.5 Å². The Hall–Kier alpha value is -2.18. The number of anilines is 1. The van der Waals surface area contributed by atoms with Gasteiger partial charge in [0.2, 0.25) is 0 Å². The molecule has 0 atom stereocenters. The maximum atomic E-state index is 12.8. The molecule has 3 aliphatic heterocycles. The molecule has 0 aromatic heterocycles. The number of hydrogen-bond acceptors (Lipinski definition) is 4. The highest BCUT2D eigenvalue weighted by molar-refractivity contribution is 7.90. The van der Waals surface area contributed by atoms with Crippen LogP contribution in [0.1, 0.15) is 24.0 Å². The summed E-state index contributed by atoms with van der Waals surface area (Å²) in [7, 11) is -3.68. The summed E-state index contributed by atoms with van der Waals surface area (Å²) in [4.78, 5) is 2.38. The van der Waals surface area contributed by atoms with E-state index in [0.717, 1.165) is 18.5 Å². The molecule has 1 fully saturated rings. The lowest BCUT2D eigenvalue weighted by Gasteiger charge is -2.49. The van der Waals surface area contributed by atoms with E-state index in [1.165, 1.54) is 11.1 Å². The number of amidine groups is 1. The van der Waals surface area contributed by atoms with Crippen LogP contribution in [-0.2, 0) is 26.7 Å². The van der Waals surface area contributed by atoms with Crippen molar-refractivity contribution in [3.05, 3.63) is 59.7 Å². The zero-order valence-electron chi connectivity index (χ0n) is 13.7. The second kappa shape index (κ2) is 5.16. The lowest BCUT2D eigenvalue weighted by Crippen LogP contribution is -2.55. The van der Waals surface area contributed by atoms with Crippen molar-refractivity contribution in [2.75, 3.05) is 18.1 Å². The van der Waals surface area contributed by atoms with Crippen LogP contribution in [0.4, 0.5) is 5.69 Å². The first-order valence-electron chi connectivity index (χ1n) is 8.50. The number of para-hydroxylation sites is 1. The van der Waals surface area contributed by atoms with E-state index >= 15 is 0 Å². The molecule has 3 aliphatic rings. The van der Waals surface area contributed by atoms with Gasteiger partial charge in [-0.1, -0.05) is 36.4 Å². The molecule has 0 aliphatic carbocycles. The van der Waals surface area contributed by atoms with Crippen molar-refractivity contribution in [3.63, 3.8) is 0 Å². The molecule has 0 N–H and O–H groups in total. The van der Waals surface area contributed by atoms with Crippen LogP contribution in [0, 0.1) is 0 Å². The third kappa shape index (κ3) is 2.04. The normalized spacial score (nSPS) is 22.6. The Balaban J connectivity index is 1.82.